The second-order valence-electron chi connectivity index (χ2n) is 25.5. The van der Waals surface area contributed by atoms with Crippen molar-refractivity contribution in [1.29, 1.82) is 0 Å². The fourth-order valence-electron chi connectivity index (χ4n) is 9.76. The summed E-state index contributed by atoms with van der Waals surface area (Å²) in [5.74, 6) is -2.29. The number of rotatable bonds is 72. The zero-order valence-electron chi connectivity index (χ0n) is 64.4. The molecule has 17 nitrogen and oxygen atoms in total. The number of hydrogen-bond donors (Lipinski definition) is 3. The van der Waals surface area contributed by atoms with E-state index in [0.717, 1.165) is 205 Å². The van der Waals surface area contributed by atoms with Crippen LogP contribution in [0.25, 0.3) is 0 Å². The maximum atomic E-state index is 13.1. The molecule has 0 saturated heterocycles. The summed E-state index contributed by atoms with van der Waals surface area (Å²) in [7, 11) is -10.00. The minimum atomic E-state index is -5.00. The number of unbranched alkanes of at least 4 members (excludes halogenated alkanes) is 18. The van der Waals surface area contributed by atoms with Crippen LogP contribution in [0.2, 0.25) is 0 Å². The second-order valence-corrected chi connectivity index (χ2v) is 28.4. The number of carbonyl (C=O) groups excluding carboxylic acids is 4. The SMILES string of the molecule is CC/C=C\C/C=C\C/C=C\C/C=C\C/C=C\CCCCCC(=O)OCC(COP(=O)(O)OCC(O)COP(=O)(O)OCC(COC(=O)CCCCCC/C=C\C/C=C\C/C=C\C/C=C\CC)OC(=O)CCCCCCC/C=C\C/C=C\CCC)OC(=O)CCCCCCC/C=C\C/C=C\C/C=C\CC. The molecule has 5 unspecified atom stereocenters. The van der Waals surface area contributed by atoms with E-state index < -0.39 is 97.5 Å². The van der Waals surface area contributed by atoms with Crippen LogP contribution >= 0.6 is 15.6 Å². The van der Waals surface area contributed by atoms with Crippen LogP contribution in [-0.2, 0) is 65.4 Å². The molecule has 0 aromatic rings. The molecule has 0 heterocycles. The fourth-order valence-corrected chi connectivity index (χ4v) is 11.3. The van der Waals surface area contributed by atoms with Crippen molar-refractivity contribution in [1.82, 2.24) is 0 Å². The first kappa shape index (κ1) is 98.4. The number of phosphoric acid groups is 2. The minimum absolute atomic E-state index is 0.0609. The molecule has 590 valence electrons. The van der Waals surface area contributed by atoms with Crippen LogP contribution in [0, 0.1) is 0 Å². The van der Waals surface area contributed by atoms with Crippen molar-refractivity contribution >= 4 is 39.5 Å². The van der Waals surface area contributed by atoms with E-state index >= 15 is 0 Å². The third-order valence-electron chi connectivity index (χ3n) is 15.6. The van der Waals surface area contributed by atoms with Gasteiger partial charge in [0.1, 0.15) is 19.3 Å². The predicted molar refractivity (Wildman–Crippen MR) is 426 cm³/mol. The van der Waals surface area contributed by atoms with Gasteiger partial charge in [-0.25, -0.2) is 9.13 Å². The van der Waals surface area contributed by atoms with Gasteiger partial charge in [-0.1, -0.05) is 262 Å². The van der Waals surface area contributed by atoms with Gasteiger partial charge in [0.15, 0.2) is 12.2 Å². The van der Waals surface area contributed by atoms with E-state index in [1.54, 1.807) is 0 Å². The molecule has 0 aliphatic rings. The van der Waals surface area contributed by atoms with Crippen molar-refractivity contribution < 1.29 is 80.2 Å². The summed E-state index contributed by atoms with van der Waals surface area (Å²) in [6.45, 7) is 4.35. The zero-order chi connectivity index (χ0) is 76.0. The Kier molecular flexibility index (Phi) is 71.6. The fraction of sp³-hybridized carbons (Fsp3) is 0.624. The van der Waals surface area contributed by atoms with Gasteiger partial charge in [0.2, 0.25) is 0 Å². The van der Waals surface area contributed by atoms with E-state index in [9.17, 15) is 43.2 Å². The lowest BCUT2D eigenvalue weighted by molar-refractivity contribution is -0.161. The summed E-state index contributed by atoms with van der Waals surface area (Å²) >= 11 is 0. The molecule has 0 saturated carbocycles. The molecule has 3 N–H and O–H groups in total. The van der Waals surface area contributed by atoms with Crippen molar-refractivity contribution in [3.63, 3.8) is 0 Å². The maximum Gasteiger partial charge on any atom is 0.472 e. The molecule has 0 aromatic carbocycles. The van der Waals surface area contributed by atoms with Crippen molar-refractivity contribution in [3.8, 4) is 0 Å². The molecule has 0 fully saturated rings. The topological polar surface area (TPSA) is 237 Å². The molecule has 0 bridgehead atoms. The highest BCUT2D eigenvalue weighted by atomic mass is 31.2. The number of aliphatic hydroxyl groups excluding tert-OH is 1. The summed E-state index contributed by atoms with van der Waals surface area (Å²) in [5.41, 5.74) is 0. The average Bonchev–Trinajstić information content (AvgIpc) is 0.911. The lowest BCUT2D eigenvalue weighted by Crippen LogP contribution is -2.30. The summed E-state index contributed by atoms with van der Waals surface area (Å²) < 4.78 is 68.5. The maximum absolute atomic E-state index is 13.1. The van der Waals surface area contributed by atoms with Crippen LogP contribution < -0.4 is 0 Å². The number of aliphatic hydroxyl groups is 1. The third-order valence-corrected chi connectivity index (χ3v) is 17.5. The molecule has 0 amide bonds. The molecule has 0 rings (SSSR count). The highest BCUT2D eigenvalue weighted by molar-refractivity contribution is 7.47. The zero-order valence-corrected chi connectivity index (χ0v) is 66.2. The minimum Gasteiger partial charge on any atom is -0.462 e. The lowest BCUT2D eigenvalue weighted by Gasteiger charge is -2.21. The lowest BCUT2D eigenvalue weighted by atomic mass is 10.1. The van der Waals surface area contributed by atoms with E-state index in [4.69, 9.17) is 37.0 Å². The predicted octanol–water partition coefficient (Wildman–Crippen LogP) is 23.0. The first-order valence-electron chi connectivity index (χ1n) is 39.4. The highest BCUT2D eigenvalue weighted by Gasteiger charge is 2.30. The van der Waals surface area contributed by atoms with Gasteiger partial charge < -0.3 is 33.8 Å². The van der Waals surface area contributed by atoms with Crippen LogP contribution in [0.3, 0.4) is 0 Å². The summed E-state index contributed by atoms with van der Waals surface area (Å²) in [4.78, 5) is 73.0. The molecule has 19 heteroatoms. The van der Waals surface area contributed by atoms with Gasteiger partial charge in [-0.05, 0) is 167 Å². The van der Waals surface area contributed by atoms with Crippen LogP contribution in [0.5, 0.6) is 0 Å². The van der Waals surface area contributed by atoms with Crippen LogP contribution in [0.15, 0.2) is 170 Å². The van der Waals surface area contributed by atoms with Crippen molar-refractivity contribution in [2.45, 2.75) is 303 Å². The Morgan fingerprint density at radius 3 is 0.779 bits per heavy atom. The van der Waals surface area contributed by atoms with E-state index in [0.29, 0.717) is 25.7 Å². The Labute approximate surface area is 629 Å². The number of carbonyl (C=O) groups is 4. The molecular weight excluding hydrogens is 1350 g/mol. The smallest absolute Gasteiger partial charge is 0.462 e. The molecule has 0 spiro atoms. The highest BCUT2D eigenvalue weighted by Crippen LogP contribution is 2.45. The first-order valence-corrected chi connectivity index (χ1v) is 42.4. The normalized spacial score (nSPS) is 14.8. The number of phosphoric ester groups is 2. The number of hydrogen-bond acceptors (Lipinski definition) is 15. The van der Waals surface area contributed by atoms with E-state index in [1.807, 2.05) is 0 Å². The number of allylic oxidation sites excluding steroid dienone is 28. The number of esters is 4. The molecule has 104 heavy (non-hydrogen) atoms. The number of ether oxygens (including phenoxy) is 4. The molecule has 5 atom stereocenters. The Bertz CT molecular complexity index is 2640. The summed E-state index contributed by atoms with van der Waals surface area (Å²) in [5, 5.41) is 10.6. The van der Waals surface area contributed by atoms with Gasteiger partial charge in [-0.15, -0.1) is 0 Å². The van der Waals surface area contributed by atoms with Crippen molar-refractivity contribution in [3.05, 3.63) is 170 Å². The Morgan fingerprint density at radius 2 is 0.500 bits per heavy atom. The van der Waals surface area contributed by atoms with Gasteiger partial charge in [0, 0.05) is 25.7 Å². The molecule has 0 aliphatic heterocycles. The largest absolute Gasteiger partial charge is 0.472 e. The van der Waals surface area contributed by atoms with E-state index in [-0.39, 0.29) is 25.7 Å². The van der Waals surface area contributed by atoms with Crippen LogP contribution in [-0.4, -0.2) is 96.7 Å². The molecule has 0 aliphatic carbocycles. The Hall–Kier alpha value is -5.58. The average molecular weight is 1490 g/mol. The summed E-state index contributed by atoms with van der Waals surface area (Å²) in [6.07, 6.45) is 89.1. The quantitative estimate of drug-likeness (QED) is 0.0169. The van der Waals surface area contributed by atoms with Gasteiger partial charge in [0.25, 0.3) is 0 Å². The van der Waals surface area contributed by atoms with Gasteiger partial charge >= 0.3 is 39.5 Å². The molecular formula is C85H138O17P2. The molecule has 0 aromatic heterocycles. The van der Waals surface area contributed by atoms with Gasteiger partial charge in [-0.3, -0.25) is 37.3 Å². The standard InChI is InChI=1S/C85H138O17P2/c1-5-9-13-17-21-25-29-33-36-38-39-41-44-47-50-54-58-62-66-70-83(88)96-76-81(102-85(90)72-68-64-60-56-52-48-42-35-31-27-23-19-15-11-7-3)78-100-104(93,94)98-74-79(86)73-97-103(91,92)99-77-80(101-84(89)71-67-63-59-55-51-45-32-28-24-20-16-12-8-4)75-95-82(87)69-65-61-57-53-49-46-43-40-37-34-30-26-22-18-14-10-6-2/h9-11,13-16,20-23,25-28,32-37,39,41-43,46-47,50,79-81,86H,5-8,12,17-19,24,29-31,38,40,44-45,48-49,51-78H2,1-4H3,(H,91,92)(H,93,94)/b13-9-,14-10-,15-11-,20-16-,25-21-,26-22-,27-23-,32-28-,36-33-,37-34-,41-39-,42-35-,46-43-,50-47-. The monoisotopic (exact) mass is 1490 g/mol. The van der Waals surface area contributed by atoms with Gasteiger partial charge in [0.05, 0.1) is 26.4 Å². The van der Waals surface area contributed by atoms with Crippen LogP contribution in [0.1, 0.15) is 285 Å². The summed E-state index contributed by atoms with van der Waals surface area (Å²) in [6, 6.07) is 0. The Balaban J connectivity index is 5.44. The van der Waals surface area contributed by atoms with E-state index in [2.05, 4.69) is 198 Å². The van der Waals surface area contributed by atoms with Gasteiger partial charge in [-0.2, -0.15) is 0 Å². The first-order chi connectivity index (χ1) is 50.7. The Morgan fingerprint density at radius 1 is 0.279 bits per heavy atom. The molecule has 0 radical (unpaired) electrons. The van der Waals surface area contributed by atoms with Crippen molar-refractivity contribution in [2.75, 3.05) is 39.6 Å². The van der Waals surface area contributed by atoms with Crippen molar-refractivity contribution in [2.24, 2.45) is 0 Å². The second kappa shape index (κ2) is 75.6. The third kappa shape index (κ3) is 74.7. The van der Waals surface area contributed by atoms with E-state index in [1.165, 1.54) is 0 Å². The van der Waals surface area contributed by atoms with Crippen LogP contribution in [0.4, 0.5) is 0 Å².